The van der Waals surface area contributed by atoms with Crippen molar-refractivity contribution in [2.24, 2.45) is 0 Å². The second kappa shape index (κ2) is 5.41. The zero-order valence-corrected chi connectivity index (χ0v) is 11.8. The third kappa shape index (κ3) is 3.02. The summed E-state index contributed by atoms with van der Waals surface area (Å²) in [6, 6.07) is 1.92. The van der Waals surface area contributed by atoms with E-state index in [0.717, 1.165) is 10.0 Å². The Kier molecular flexibility index (Phi) is 3.88. The molecule has 4 nitrogen and oxygen atoms in total. The number of thiazole rings is 1. The number of aryl methyl sites for hydroxylation is 1. The molecule has 0 aromatic carbocycles. The average Bonchev–Trinajstić information content (AvgIpc) is 2.68. The highest BCUT2D eigenvalue weighted by Gasteiger charge is 2.12. The lowest BCUT2D eigenvalue weighted by Crippen LogP contribution is -1.98. The molecule has 0 radical (unpaired) electrons. The molecule has 2 heterocycles. The number of aromatic carboxylic acids is 1. The first-order valence-corrected chi connectivity index (χ1v) is 6.66. The number of hydrogen-bond acceptors (Lipinski definition) is 4. The van der Waals surface area contributed by atoms with Gasteiger partial charge < -0.3 is 5.11 Å². The molecule has 0 saturated carbocycles. The van der Waals surface area contributed by atoms with E-state index in [-0.39, 0.29) is 5.69 Å². The van der Waals surface area contributed by atoms with Gasteiger partial charge in [-0.05, 0) is 40.6 Å². The molecule has 0 spiro atoms. The largest absolute Gasteiger partial charge is 0.476 e. The Morgan fingerprint density at radius 1 is 1.44 bits per heavy atom. The number of rotatable bonds is 3. The van der Waals surface area contributed by atoms with Crippen LogP contribution in [0.4, 0.5) is 0 Å². The van der Waals surface area contributed by atoms with Gasteiger partial charge in [0.2, 0.25) is 0 Å². The highest BCUT2D eigenvalue weighted by Crippen LogP contribution is 2.20. The maximum atomic E-state index is 10.9. The fourth-order valence-electron chi connectivity index (χ4n) is 1.37. The molecule has 0 aliphatic rings. The van der Waals surface area contributed by atoms with E-state index in [1.165, 1.54) is 11.3 Å². The summed E-state index contributed by atoms with van der Waals surface area (Å²) in [6.07, 6.45) is 7.06. The van der Waals surface area contributed by atoms with E-state index in [4.69, 9.17) is 5.11 Å². The molecule has 0 unspecified atom stereocenters. The van der Waals surface area contributed by atoms with Crippen molar-refractivity contribution in [1.82, 2.24) is 9.97 Å². The molecule has 0 aliphatic heterocycles. The number of aromatic nitrogens is 2. The molecule has 0 fully saturated rings. The normalized spacial score (nSPS) is 11.0. The molecule has 0 saturated heterocycles. The quantitative estimate of drug-likeness (QED) is 0.938. The van der Waals surface area contributed by atoms with Gasteiger partial charge in [-0.1, -0.05) is 6.08 Å². The van der Waals surface area contributed by atoms with Crippen LogP contribution in [0.1, 0.15) is 25.9 Å². The van der Waals surface area contributed by atoms with Gasteiger partial charge in [-0.3, -0.25) is 4.98 Å². The minimum Gasteiger partial charge on any atom is -0.476 e. The molecule has 2 rings (SSSR count). The summed E-state index contributed by atoms with van der Waals surface area (Å²) in [4.78, 5) is 19.6. The smallest absolute Gasteiger partial charge is 0.355 e. The number of pyridine rings is 1. The zero-order chi connectivity index (χ0) is 13.1. The summed E-state index contributed by atoms with van der Waals surface area (Å²) in [7, 11) is 0. The van der Waals surface area contributed by atoms with Gasteiger partial charge in [0, 0.05) is 21.7 Å². The average molecular weight is 325 g/mol. The predicted octanol–water partition coefficient (Wildman–Crippen LogP) is 3.48. The van der Waals surface area contributed by atoms with Crippen LogP contribution in [-0.4, -0.2) is 21.0 Å². The Bertz CT molecular complexity index is 622. The molecule has 2 aromatic rings. The minimum absolute atomic E-state index is 0.118. The molecule has 0 amide bonds. The van der Waals surface area contributed by atoms with Crippen LogP contribution in [0.15, 0.2) is 22.9 Å². The first-order chi connectivity index (χ1) is 8.56. The first-order valence-electron chi connectivity index (χ1n) is 5.05. The highest BCUT2D eigenvalue weighted by atomic mass is 79.9. The van der Waals surface area contributed by atoms with E-state index < -0.39 is 5.97 Å². The lowest BCUT2D eigenvalue weighted by atomic mass is 10.2. The van der Waals surface area contributed by atoms with Gasteiger partial charge in [-0.25, -0.2) is 9.78 Å². The lowest BCUT2D eigenvalue weighted by molar-refractivity contribution is 0.0690. The number of carboxylic acids is 1. The number of carboxylic acid groups (broad SMARTS) is 1. The highest BCUT2D eigenvalue weighted by molar-refractivity contribution is 9.10. The molecule has 2 aromatic heterocycles. The van der Waals surface area contributed by atoms with Crippen LogP contribution in [-0.2, 0) is 0 Å². The van der Waals surface area contributed by atoms with Crippen LogP contribution in [0.5, 0.6) is 0 Å². The van der Waals surface area contributed by atoms with Crippen LogP contribution < -0.4 is 0 Å². The monoisotopic (exact) mass is 324 g/mol. The van der Waals surface area contributed by atoms with E-state index in [9.17, 15) is 4.79 Å². The Morgan fingerprint density at radius 3 is 2.83 bits per heavy atom. The van der Waals surface area contributed by atoms with Crippen LogP contribution in [0.2, 0.25) is 0 Å². The Labute approximate surface area is 116 Å². The second-order valence-electron chi connectivity index (χ2n) is 3.53. The Morgan fingerprint density at radius 2 is 2.22 bits per heavy atom. The van der Waals surface area contributed by atoms with Crippen molar-refractivity contribution in [3.8, 4) is 0 Å². The van der Waals surface area contributed by atoms with Gasteiger partial charge >= 0.3 is 5.97 Å². The Balaban J connectivity index is 2.24. The van der Waals surface area contributed by atoms with Gasteiger partial charge in [-0.2, -0.15) is 0 Å². The fourth-order valence-corrected chi connectivity index (χ4v) is 2.57. The maximum absolute atomic E-state index is 10.9. The molecule has 92 valence electrons. The van der Waals surface area contributed by atoms with Crippen molar-refractivity contribution >= 4 is 45.4 Å². The summed E-state index contributed by atoms with van der Waals surface area (Å²) in [6.45, 7) is 1.75. The van der Waals surface area contributed by atoms with Gasteiger partial charge in [-0.15, -0.1) is 11.3 Å². The maximum Gasteiger partial charge on any atom is 0.355 e. The zero-order valence-electron chi connectivity index (χ0n) is 9.42. The minimum atomic E-state index is -0.993. The van der Waals surface area contributed by atoms with E-state index >= 15 is 0 Å². The summed E-state index contributed by atoms with van der Waals surface area (Å²) < 4.78 is 0.895. The molecule has 1 N–H and O–H groups in total. The van der Waals surface area contributed by atoms with Crippen molar-refractivity contribution in [3.63, 3.8) is 0 Å². The van der Waals surface area contributed by atoms with E-state index in [1.54, 1.807) is 25.4 Å². The van der Waals surface area contributed by atoms with Gasteiger partial charge in [0.05, 0.1) is 0 Å². The first kappa shape index (κ1) is 12.9. The van der Waals surface area contributed by atoms with E-state index in [2.05, 4.69) is 25.9 Å². The van der Waals surface area contributed by atoms with Crippen LogP contribution in [0.25, 0.3) is 12.2 Å². The summed E-state index contributed by atoms with van der Waals surface area (Å²) >= 11 is 4.69. The third-order valence-electron chi connectivity index (χ3n) is 2.16. The standard InChI is InChI=1S/C12H9BrN2O2S/c1-7-11(12(16)17)15-10(18-7)3-2-8-4-9(13)6-14-5-8/h2-6H,1H3,(H,16,17)/b3-2+. The molecule has 0 bridgehead atoms. The topological polar surface area (TPSA) is 63.1 Å². The number of hydrogen-bond donors (Lipinski definition) is 1. The number of nitrogens with zero attached hydrogens (tertiary/aromatic N) is 2. The van der Waals surface area contributed by atoms with Crippen LogP contribution in [0, 0.1) is 6.92 Å². The Hall–Kier alpha value is -1.53. The van der Waals surface area contributed by atoms with E-state index in [1.807, 2.05) is 12.1 Å². The lowest BCUT2D eigenvalue weighted by Gasteiger charge is -1.92. The van der Waals surface area contributed by atoms with Crippen molar-refractivity contribution < 1.29 is 9.90 Å². The van der Waals surface area contributed by atoms with Crippen molar-refractivity contribution in [3.05, 3.63) is 44.1 Å². The van der Waals surface area contributed by atoms with Crippen LogP contribution in [0.3, 0.4) is 0 Å². The summed E-state index contributed by atoms with van der Waals surface area (Å²) in [5.41, 5.74) is 1.04. The van der Waals surface area contributed by atoms with Crippen molar-refractivity contribution in [2.75, 3.05) is 0 Å². The summed E-state index contributed by atoms with van der Waals surface area (Å²) in [5.74, 6) is -0.993. The molecule has 0 atom stereocenters. The summed E-state index contributed by atoms with van der Waals surface area (Å²) in [5, 5.41) is 9.58. The fraction of sp³-hybridized carbons (Fsp3) is 0.0833. The third-order valence-corrected chi connectivity index (χ3v) is 3.53. The molecule has 18 heavy (non-hydrogen) atoms. The molecule has 6 heteroatoms. The van der Waals surface area contributed by atoms with Crippen LogP contribution >= 0.6 is 27.3 Å². The predicted molar refractivity (Wildman–Crippen MR) is 74.7 cm³/mol. The van der Waals surface area contributed by atoms with Gasteiger partial charge in [0.25, 0.3) is 0 Å². The molecule has 0 aliphatic carbocycles. The van der Waals surface area contributed by atoms with Crippen molar-refractivity contribution in [2.45, 2.75) is 6.92 Å². The van der Waals surface area contributed by atoms with Gasteiger partial charge in [0.1, 0.15) is 5.01 Å². The SMILES string of the molecule is Cc1sc(/C=C/c2cncc(Br)c2)nc1C(=O)O. The van der Waals surface area contributed by atoms with Gasteiger partial charge in [0.15, 0.2) is 5.69 Å². The van der Waals surface area contributed by atoms with E-state index in [0.29, 0.717) is 9.88 Å². The van der Waals surface area contributed by atoms with Crippen molar-refractivity contribution in [1.29, 1.82) is 0 Å². The number of carbonyl (C=O) groups is 1. The molecular formula is C12H9BrN2O2S. The second-order valence-corrected chi connectivity index (χ2v) is 5.68. The molecular weight excluding hydrogens is 316 g/mol. The number of halogens is 1.